The second kappa shape index (κ2) is 8.62. The molecule has 0 bridgehead atoms. The first kappa shape index (κ1) is 21.1. The minimum atomic E-state index is -0.263. The molecule has 2 fully saturated rings. The first-order valence-corrected chi connectivity index (χ1v) is 11.4. The molecule has 0 saturated carbocycles. The number of piperidine rings is 1. The zero-order valence-corrected chi connectivity index (χ0v) is 18.7. The van der Waals surface area contributed by atoms with Crippen LogP contribution in [-0.2, 0) is 11.8 Å². The van der Waals surface area contributed by atoms with E-state index in [4.69, 9.17) is 4.74 Å². The van der Waals surface area contributed by atoms with Crippen molar-refractivity contribution in [3.05, 3.63) is 64.4 Å². The van der Waals surface area contributed by atoms with Crippen molar-refractivity contribution in [1.82, 2.24) is 4.57 Å². The summed E-state index contributed by atoms with van der Waals surface area (Å²) in [7, 11) is 1.71. The van der Waals surface area contributed by atoms with Crippen LogP contribution in [-0.4, -0.2) is 36.2 Å². The number of para-hydroxylation sites is 1. The molecule has 168 valence electrons. The number of aryl methyl sites for hydroxylation is 1. The highest BCUT2D eigenvalue weighted by atomic mass is 16.5. The average molecular weight is 443 g/mol. The Bertz CT molecular complexity index is 1300. The van der Waals surface area contributed by atoms with Gasteiger partial charge in [0.1, 0.15) is 23.5 Å². The van der Waals surface area contributed by atoms with E-state index in [2.05, 4.69) is 11.0 Å². The molecule has 0 spiro atoms. The number of rotatable bonds is 4. The maximum atomic E-state index is 12.8. The summed E-state index contributed by atoms with van der Waals surface area (Å²) in [5.41, 5.74) is 2.41. The average Bonchev–Trinajstić information content (AvgIpc) is 3.28. The van der Waals surface area contributed by atoms with Gasteiger partial charge >= 0.3 is 0 Å². The highest BCUT2D eigenvalue weighted by molar-refractivity contribution is 5.95. The summed E-state index contributed by atoms with van der Waals surface area (Å²) < 4.78 is 7.76. The largest absolute Gasteiger partial charge is 0.490 e. The predicted molar refractivity (Wildman–Crippen MR) is 128 cm³/mol. The fourth-order valence-corrected chi connectivity index (χ4v) is 4.92. The highest BCUT2D eigenvalue weighted by Crippen LogP contribution is 2.32. The van der Waals surface area contributed by atoms with E-state index in [1.54, 1.807) is 11.6 Å². The molecule has 33 heavy (non-hydrogen) atoms. The number of anilines is 2. The Hall–Kier alpha value is -3.79. The van der Waals surface area contributed by atoms with Crippen molar-refractivity contribution in [3.8, 4) is 11.8 Å². The molecule has 3 heterocycles. The number of ether oxygens (including phenoxy) is 1. The van der Waals surface area contributed by atoms with Gasteiger partial charge in [0.25, 0.3) is 5.56 Å². The molecule has 1 aromatic heterocycles. The van der Waals surface area contributed by atoms with E-state index in [0.717, 1.165) is 53.8 Å². The molecule has 7 heteroatoms. The van der Waals surface area contributed by atoms with E-state index < -0.39 is 0 Å². The van der Waals surface area contributed by atoms with Gasteiger partial charge < -0.3 is 19.1 Å². The molecule has 2 saturated heterocycles. The lowest BCUT2D eigenvalue weighted by molar-refractivity contribution is -0.117. The summed E-state index contributed by atoms with van der Waals surface area (Å²) in [6, 6.07) is 17.6. The van der Waals surface area contributed by atoms with Crippen LogP contribution in [0.15, 0.2) is 53.3 Å². The van der Waals surface area contributed by atoms with Gasteiger partial charge in [-0.2, -0.15) is 5.26 Å². The van der Waals surface area contributed by atoms with Crippen molar-refractivity contribution in [3.63, 3.8) is 0 Å². The number of amides is 1. The maximum absolute atomic E-state index is 12.8. The molecule has 3 aromatic rings. The van der Waals surface area contributed by atoms with Crippen molar-refractivity contribution >= 4 is 28.2 Å². The number of carbonyl (C=O) groups excluding carboxylic acids is 1. The summed E-state index contributed by atoms with van der Waals surface area (Å²) in [5, 5.41) is 10.7. The molecular formula is C26H26N4O3. The van der Waals surface area contributed by atoms with Crippen molar-refractivity contribution in [2.75, 3.05) is 29.4 Å². The zero-order valence-electron chi connectivity index (χ0n) is 18.7. The highest BCUT2D eigenvalue weighted by Gasteiger charge is 2.26. The Balaban J connectivity index is 1.31. The molecule has 0 atom stereocenters. The first-order valence-electron chi connectivity index (χ1n) is 11.4. The van der Waals surface area contributed by atoms with Gasteiger partial charge in [-0.15, -0.1) is 0 Å². The predicted octanol–water partition coefficient (Wildman–Crippen LogP) is 3.58. The Morgan fingerprint density at radius 1 is 1.00 bits per heavy atom. The molecule has 2 aliphatic rings. The lowest BCUT2D eigenvalue weighted by atomic mass is 10.0. The van der Waals surface area contributed by atoms with Gasteiger partial charge in [-0.25, -0.2) is 0 Å². The van der Waals surface area contributed by atoms with Crippen LogP contribution in [0.5, 0.6) is 5.75 Å². The molecule has 0 radical (unpaired) electrons. The molecule has 7 nitrogen and oxygen atoms in total. The van der Waals surface area contributed by atoms with Gasteiger partial charge in [0.2, 0.25) is 5.91 Å². The van der Waals surface area contributed by atoms with E-state index >= 15 is 0 Å². The molecule has 0 N–H and O–H groups in total. The maximum Gasteiger partial charge on any atom is 0.270 e. The van der Waals surface area contributed by atoms with Gasteiger partial charge in [0.05, 0.1) is 11.2 Å². The van der Waals surface area contributed by atoms with E-state index in [1.807, 2.05) is 53.4 Å². The summed E-state index contributed by atoms with van der Waals surface area (Å²) in [5.74, 6) is 0.969. The van der Waals surface area contributed by atoms with Gasteiger partial charge in [0.15, 0.2) is 0 Å². The minimum Gasteiger partial charge on any atom is -0.490 e. The van der Waals surface area contributed by atoms with Crippen LogP contribution >= 0.6 is 0 Å². The molecule has 5 rings (SSSR count). The van der Waals surface area contributed by atoms with E-state index in [1.165, 1.54) is 0 Å². The van der Waals surface area contributed by atoms with Crippen LogP contribution < -0.4 is 20.1 Å². The number of nitrogens with zero attached hydrogens (tertiary/aromatic N) is 4. The molecule has 0 unspecified atom stereocenters. The third-order valence-corrected chi connectivity index (χ3v) is 6.67. The van der Waals surface area contributed by atoms with E-state index in [-0.39, 0.29) is 23.1 Å². The van der Waals surface area contributed by atoms with E-state index in [0.29, 0.717) is 19.5 Å². The lowest BCUT2D eigenvalue weighted by Crippen LogP contribution is -2.40. The van der Waals surface area contributed by atoms with Gasteiger partial charge in [-0.1, -0.05) is 18.2 Å². The monoisotopic (exact) mass is 442 g/mol. The quantitative estimate of drug-likeness (QED) is 0.617. The van der Waals surface area contributed by atoms with Crippen molar-refractivity contribution in [1.29, 1.82) is 5.26 Å². The number of pyridine rings is 1. The first-order chi connectivity index (χ1) is 16.1. The smallest absolute Gasteiger partial charge is 0.270 e. The third kappa shape index (κ3) is 3.82. The van der Waals surface area contributed by atoms with Crippen LogP contribution in [0.25, 0.3) is 10.9 Å². The number of aromatic nitrogens is 1. The summed E-state index contributed by atoms with van der Waals surface area (Å²) in [4.78, 5) is 28.7. The normalized spacial score (nSPS) is 16.9. The molecular weight excluding hydrogens is 416 g/mol. The van der Waals surface area contributed by atoms with Crippen molar-refractivity contribution in [2.24, 2.45) is 7.05 Å². The zero-order chi connectivity index (χ0) is 22.9. The Morgan fingerprint density at radius 2 is 1.73 bits per heavy atom. The lowest BCUT2D eigenvalue weighted by Gasteiger charge is -2.35. The van der Waals surface area contributed by atoms with Gasteiger partial charge in [-0.05, 0) is 36.8 Å². The van der Waals surface area contributed by atoms with Gasteiger partial charge in [0, 0.05) is 57.0 Å². The summed E-state index contributed by atoms with van der Waals surface area (Å²) >= 11 is 0. The fraction of sp³-hybridized carbons (Fsp3) is 0.346. The van der Waals surface area contributed by atoms with E-state index in [9.17, 15) is 14.9 Å². The minimum absolute atomic E-state index is 0.0591. The van der Waals surface area contributed by atoms with Crippen LogP contribution in [0.3, 0.4) is 0 Å². The Kier molecular flexibility index (Phi) is 5.51. The van der Waals surface area contributed by atoms with Crippen LogP contribution in [0.4, 0.5) is 11.4 Å². The third-order valence-electron chi connectivity index (χ3n) is 6.67. The Labute approximate surface area is 192 Å². The molecule has 2 aromatic carbocycles. The van der Waals surface area contributed by atoms with Crippen LogP contribution in [0.2, 0.25) is 0 Å². The topological polar surface area (TPSA) is 78.6 Å². The molecule has 2 aliphatic heterocycles. The molecule has 1 amide bonds. The number of carbonyl (C=O) groups is 1. The van der Waals surface area contributed by atoms with Gasteiger partial charge in [-0.3, -0.25) is 9.59 Å². The number of fused-ring (bicyclic) bond motifs is 1. The number of nitriles is 1. The summed E-state index contributed by atoms with van der Waals surface area (Å²) in [6.45, 7) is 2.19. The van der Waals surface area contributed by atoms with Crippen LogP contribution in [0, 0.1) is 11.3 Å². The van der Waals surface area contributed by atoms with Crippen molar-refractivity contribution in [2.45, 2.75) is 31.8 Å². The number of hydrogen-bond donors (Lipinski definition) is 0. The number of benzene rings is 2. The SMILES string of the molecule is Cn1c(=O)c(C#N)c(N2CCC(Oc3ccc(N4CCCC4=O)cc3)CC2)c2ccccc21. The standard InChI is InChI=1S/C26H26N4O3/c1-28-23-6-3-2-5-21(23)25(22(17-27)26(28)32)29-15-12-20(13-16-29)33-19-10-8-18(9-11-19)30-14-4-7-24(30)31/h2-3,5-6,8-11,20H,4,7,12-16H2,1H3. The second-order valence-corrected chi connectivity index (χ2v) is 8.66. The van der Waals surface area contributed by atoms with Crippen LogP contribution in [0.1, 0.15) is 31.2 Å². The Morgan fingerprint density at radius 3 is 2.39 bits per heavy atom. The molecule has 0 aliphatic carbocycles. The number of hydrogen-bond acceptors (Lipinski definition) is 5. The second-order valence-electron chi connectivity index (χ2n) is 8.66. The summed E-state index contributed by atoms with van der Waals surface area (Å²) in [6.07, 6.45) is 3.17. The fourth-order valence-electron chi connectivity index (χ4n) is 4.92. The van der Waals surface area contributed by atoms with Crippen molar-refractivity contribution < 1.29 is 9.53 Å².